The van der Waals surface area contributed by atoms with Gasteiger partial charge in [-0.3, -0.25) is 0 Å². The van der Waals surface area contributed by atoms with Crippen LogP contribution in [0.25, 0.3) is 0 Å². The third-order valence-electron chi connectivity index (χ3n) is 2.05. The molecule has 1 aliphatic rings. The van der Waals surface area contributed by atoms with Gasteiger partial charge in [-0.2, -0.15) is 4.98 Å². The molecule has 0 saturated heterocycles. The fourth-order valence-corrected chi connectivity index (χ4v) is 1.50. The van der Waals surface area contributed by atoms with Crippen molar-refractivity contribution in [2.45, 2.75) is 20.0 Å². The van der Waals surface area contributed by atoms with Gasteiger partial charge in [-0.25, -0.2) is 4.98 Å². The molecule has 0 radical (unpaired) electrons. The lowest BCUT2D eigenvalue weighted by atomic mass is 10.2. The maximum absolute atomic E-state index is 5.57. The maximum Gasteiger partial charge on any atom is 0.222 e. The predicted molar refractivity (Wildman–Crippen MR) is 51.2 cm³/mol. The molecule has 1 aromatic heterocycles. The van der Waals surface area contributed by atoms with Crippen molar-refractivity contribution in [2.75, 3.05) is 17.6 Å². The van der Waals surface area contributed by atoms with E-state index in [9.17, 15) is 0 Å². The molecule has 1 aliphatic heterocycles. The number of fused-ring (bicyclic) bond motifs is 1. The number of aromatic nitrogens is 2. The Hall–Kier alpha value is -1.36. The van der Waals surface area contributed by atoms with Crippen molar-refractivity contribution < 1.29 is 0 Å². The van der Waals surface area contributed by atoms with E-state index in [-0.39, 0.29) is 0 Å². The summed E-state index contributed by atoms with van der Waals surface area (Å²) in [4.78, 5) is 8.31. The Kier molecular flexibility index (Phi) is 2.02. The number of nitrogens with one attached hydrogen (secondary N) is 2. The number of rotatable bonds is 2. The topological polar surface area (TPSA) is 75.9 Å². The van der Waals surface area contributed by atoms with Gasteiger partial charge in [0.2, 0.25) is 5.95 Å². The second-order valence-corrected chi connectivity index (χ2v) is 2.99. The summed E-state index contributed by atoms with van der Waals surface area (Å²) < 4.78 is 0. The third-order valence-corrected chi connectivity index (χ3v) is 2.05. The zero-order chi connectivity index (χ0) is 9.26. The Bertz CT molecular complexity index is 323. The number of hydrogen-bond donors (Lipinski definition) is 3. The molecule has 0 atom stereocenters. The monoisotopic (exact) mass is 179 g/mol. The van der Waals surface area contributed by atoms with Crippen molar-refractivity contribution in [1.82, 2.24) is 15.3 Å². The van der Waals surface area contributed by atoms with Crippen LogP contribution in [-0.2, 0) is 13.1 Å². The van der Waals surface area contributed by atoms with Crippen molar-refractivity contribution in [3.8, 4) is 0 Å². The first kappa shape index (κ1) is 8.25. The number of nitrogens with two attached hydrogens (primary N) is 1. The lowest BCUT2D eigenvalue weighted by molar-refractivity contribution is 0.758. The van der Waals surface area contributed by atoms with Gasteiger partial charge >= 0.3 is 0 Å². The van der Waals surface area contributed by atoms with Crippen LogP contribution in [0, 0.1) is 0 Å². The van der Waals surface area contributed by atoms with E-state index in [1.165, 1.54) is 0 Å². The van der Waals surface area contributed by atoms with Gasteiger partial charge in [0.05, 0.1) is 5.69 Å². The highest BCUT2D eigenvalue weighted by molar-refractivity contribution is 5.50. The summed E-state index contributed by atoms with van der Waals surface area (Å²) in [7, 11) is 0. The summed E-state index contributed by atoms with van der Waals surface area (Å²) >= 11 is 0. The number of anilines is 2. The van der Waals surface area contributed by atoms with Crippen LogP contribution < -0.4 is 16.4 Å². The Morgan fingerprint density at radius 3 is 3.08 bits per heavy atom. The van der Waals surface area contributed by atoms with Gasteiger partial charge in [0.15, 0.2) is 0 Å². The molecule has 0 amide bonds. The van der Waals surface area contributed by atoms with Crippen LogP contribution in [0.4, 0.5) is 11.8 Å². The molecule has 5 heteroatoms. The minimum atomic E-state index is 0.346. The average Bonchev–Trinajstić information content (AvgIpc) is 2.52. The van der Waals surface area contributed by atoms with E-state index in [2.05, 4.69) is 20.6 Å². The Morgan fingerprint density at radius 1 is 1.46 bits per heavy atom. The van der Waals surface area contributed by atoms with Crippen LogP contribution >= 0.6 is 0 Å². The zero-order valence-corrected chi connectivity index (χ0v) is 7.59. The second kappa shape index (κ2) is 3.18. The molecule has 0 saturated carbocycles. The first-order valence-electron chi connectivity index (χ1n) is 4.41. The minimum absolute atomic E-state index is 0.346. The van der Waals surface area contributed by atoms with Gasteiger partial charge in [-0.15, -0.1) is 0 Å². The predicted octanol–water partition coefficient (Wildman–Crippen LogP) is 0.0938. The van der Waals surface area contributed by atoms with Gasteiger partial charge in [0.1, 0.15) is 5.82 Å². The van der Waals surface area contributed by atoms with Crippen molar-refractivity contribution in [3.63, 3.8) is 0 Å². The highest BCUT2D eigenvalue weighted by Gasteiger charge is 2.17. The van der Waals surface area contributed by atoms with Crippen LogP contribution in [-0.4, -0.2) is 16.5 Å². The molecular formula is C8H13N5. The van der Waals surface area contributed by atoms with Crippen molar-refractivity contribution in [2.24, 2.45) is 0 Å². The van der Waals surface area contributed by atoms with Crippen LogP contribution in [0.1, 0.15) is 18.2 Å². The van der Waals surface area contributed by atoms with E-state index in [0.717, 1.165) is 36.7 Å². The molecule has 0 fully saturated rings. The number of nitrogen functional groups attached to an aromatic ring is 1. The van der Waals surface area contributed by atoms with Gasteiger partial charge < -0.3 is 16.4 Å². The smallest absolute Gasteiger partial charge is 0.222 e. The van der Waals surface area contributed by atoms with Crippen LogP contribution in [0.5, 0.6) is 0 Å². The summed E-state index contributed by atoms with van der Waals surface area (Å²) in [6, 6.07) is 0. The minimum Gasteiger partial charge on any atom is -0.370 e. The Labute approximate surface area is 76.8 Å². The Morgan fingerprint density at radius 2 is 2.31 bits per heavy atom. The van der Waals surface area contributed by atoms with E-state index in [0.29, 0.717) is 5.95 Å². The SMILES string of the molecule is CCNc1nc(N)nc2c1CNC2. The molecule has 5 nitrogen and oxygen atoms in total. The van der Waals surface area contributed by atoms with Gasteiger partial charge in [0, 0.05) is 25.2 Å². The van der Waals surface area contributed by atoms with Gasteiger partial charge in [-0.1, -0.05) is 0 Å². The van der Waals surface area contributed by atoms with E-state index < -0.39 is 0 Å². The van der Waals surface area contributed by atoms with Crippen molar-refractivity contribution in [1.29, 1.82) is 0 Å². The molecule has 13 heavy (non-hydrogen) atoms. The first-order chi connectivity index (χ1) is 6.31. The normalized spacial score (nSPS) is 14.2. The summed E-state index contributed by atoms with van der Waals surface area (Å²) in [5, 5.41) is 6.39. The van der Waals surface area contributed by atoms with Crippen LogP contribution in [0.2, 0.25) is 0 Å². The average molecular weight is 179 g/mol. The fraction of sp³-hybridized carbons (Fsp3) is 0.500. The molecule has 0 aromatic carbocycles. The van der Waals surface area contributed by atoms with E-state index in [1.807, 2.05) is 6.92 Å². The molecule has 1 aromatic rings. The second-order valence-electron chi connectivity index (χ2n) is 2.99. The third kappa shape index (κ3) is 1.42. The molecular weight excluding hydrogens is 166 g/mol. The zero-order valence-electron chi connectivity index (χ0n) is 7.59. The molecule has 0 unspecified atom stereocenters. The largest absolute Gasteiger partial charge is 0.370 e. The maximum atomic E-state index is 5.57. The number of nitrogens with zero attached hydrogens (tertiary/aromatic N) is 2. The quantitative estimate of drug-likeness (QED) is 0.600. The van der Waals surface area contributed by atoms with Crippen molar-refractivity contribution in [3.05, 3.63) is 11.3 Å². The molecule has 4 N–H and O–H groups in total. The summed E-state index contributed by atoms with van der Waals surface area (Å²) in [6.45, 7) is 4.51. The summed E-state index contributed by atoms with van der Waals surface area (Å²) in [6.07, 6.45) is 0. The highest BCUT2D eigenvalue weighted by Crippen LogP contribution is 2.21. The van der Waals surface area contributed by atoms with Crippen LogP contribution in [0.15, 0.2) is 0 Å². The molecule has 2 rings (SSSR count). The first-order valence-corrected chi connectivity index (χ1v) is 4.41. The van der Waals surface area contributed by atoms with Gasteiger partial charge in [-0.05, 0) is 6.92 Å². The van der Waals surface area contributed by atoms with E-state index in [4.69, 9.17) is 5.73 Å². The molecule has 2 heterocycles. The summed E-state index contributed by atoms with van der Waals surface area (Å²) in [5.41, 5.74) is 7.74. The Balaban J connectivity index is 2.43. The molecule has 0 spiro atoms. The lowest BCUT2D eigenvalue weighted by Crippen LogP contribution is -2.07. The highest BCUT2D eigenvalue weighted by atomic mass is 15.1. The standard InChI is InChI=1S/C8H13N5/c1-2-11-7-5-3-10-4-6(5)12-8(9)13-7/h10H,2-4H2,1H3,(H3,9,11,12,13). The molecule has 0 bridgehead atoms. The number of hydrogen-bond acceptors (Lipinski definition) is 5. The van der Waals surface area contributed by atoms with Crippen molar-refractivity contribution >= 4 is 11.8 Å². The van der Waals surface area contributed by atoms with Gasteiger partial charge in [0.25, 0.3) is 0 Å². The van der Waals surface area contributed by atoms with E-state index >= 15 is 0 Å². The summed E-state index contributed by atoms with van der Waals surface area (Å²) in [5.74, 6) is 1.22. The van der Waals surface area contributed by atoms with Crippen LogP contribution in [0.3, 0.4) is 0 Å². The molecule has 70 valence electrons. The molecule has 0 aliphatic carbocycles. The lowest BCUT2D eigenvalue weighted by Gasteiger charge is -2.07. The van der Waals surface area contributed by atoms with E-state index in [1.54, 1.807) is 0 Å². The fourth-order valence-electron chi connectivity index (χ4n) is 1.50.